The Balaban J connectivity index is 2.86. The molecule has 11 heavy (non-hydrogen) atoms. The van der Waals surface area contributed by atoms with Crippen LogP contribution in [0.15, 0.2) is 12.3 Å². The number of hydrogen-bond donors (Lipinski definition) is 2. The number of aryl methyl sites for hydroxylation is 1. The minimum absolute atomic E-state index is 0.384. The van der Waals surface area contributed by atoms with Gasteiger partial charge in [0.15, 0.2) is 0 Å². The lowest BCUT2D eigenvalue weighted by Gasteiger charge is -1.99. The Bertz CT molecular complexity index is 252. The van der Waals surface area contributed by atoms with Gasteiger partial charge in [0.2, 0.25) is 0 Å². The van der Waals surface area contributed by atoms with Crippen molar-refractivity contribution in [2.45, 2.75) is 6.42 Å². The van der Waals surface area contributed by atoms with Crippen LogP contribution in [0.25, 0.3) is 0 Å². The summed E-state index contributed by atoms with van der Waals surface area (Å²) in [5.74, 6) is 1.18. The van der Waals surface area contributed by atoms with Gasteiger partial charge in [0, 0.05) is 6.20 Å². The SMILES string of the molecule is Nc1ncc(CCS)cc1Cl. The number of anilines is 1. The van der Waals surface area contributed by atoms with Crippen LogP contribution in [0, 0.1) is 0 Å². The standard InChI is InChI=1S/C7H9ClN2S/c8-6-3-5(1-2-11)4-10-7(6)9/h3-4,11H,1-2H2,(H2,9,10). The second kappa shape index (κ2) is 3.83. The molecule has 0 fully saturated rings. The van der Waals surface area contributed by atoms with Gasteiger partial charge in [-0.3, -0.25) is 0 Å². The van der Waals surface area contributed by atoms with Crippen molar-refractivity contribution >= 4 is 30.0 Å². The van der Waals surface area contributed by atoms with Gasteiger partial charge in [-0.2, -0.15) is 12.6 Å². The molecule has 4 heteroatoms. The fourth-order valence-corrected chi connectivity index (χ4v) is 1.20. The maximum atomic E-state index is 5.74. The van der Waals surface area contributed by atoms with Crippen LogP contribution < -0.4 is 5.73 Å². The molecule has 1 heterocycles. The fourth-order valence-electron chi connectivity index (χ4n) is 0.754. The number of nitrogens with zero attached hydrogens (tertiary/aromatic N) is 1. The summed E-state index contributed by atoms with van der Waals surface area (Å²) in [6.45, 7) is 0. The van der Waals surface area contributed by atoms with Crippen molar-refractivity contribution < 1.29 is 0 Å². The average Bonchev–Trinajstić information content (AvgIpc) is 1.98. The highest BCUT2D eigenvalue weighted by Gasteiger charge is 1.98. The molecule has 0 radical (unpaired) electrons. The summed E-state index contributed by atoms with van der Waals surface area (Å²) in [6, 6.07) is 1.82. The summed E-state index contributed by atoms with van der Waals surface area (Å²) >= 11 is 9.83. The van der Waals surface area contributed by atoms with Gasteiger partial charge in [0.05, 0.1) is 5.02 Å². The van der Waals surface area contributed by atoms with E-state index < -0.39 is 0 Å². The first-order valence-corrected chi connectivity index (χ1v) is 4.26. The predicted octanol–water partition coefficient (Wildman–Crippen LogP) is 1.79. The molecule has 0 bridgehead atoms. The monoisotopic (exact) mass is 188 g/mol. The van der Waals surface area contributed by atoms with E-state index in [1.165, 1.54) is 0 Å². The van der Waals surface area contributed by atoms with Gasteiger partial charge in [-0.25, -0.2) is 4.98 Å². The van der Waals surface area contributed by atoms with Gasteiger partial charge in [0.1, 0.15) is 5.82 Å². The molecule has 2 nitrogen and oxygen atoms in total. The number of nitrogen functional groups attached to an aromatic ring is 1. The van der Waals surface area contributed by atoms with Gasteiger partial charge >= 0.3 is 0 Å². The molecule has 60 valence electrons. The van der Waals surface area contributed by atoms with Crippen molar-refractivity contribution in [2.24, 2.45) is 0 Å². The minimum atomic E-state index is 0.384. The molecule has 0 aromatic carbocycles. The van der Waals surface area contributed by atoms with E-state index in [9.17, 15) is 0 Å². The van der Waals surface area contributed by atoms with Crippen molar-refractivity contribution in [2.75, 3.05) is 11.5 Å². The van der Waals surface area contributed by atoms with Gasteiger partial charge in [-0.1, -0.05) is 11.6 Å². The number of halogens is 1. The minimum Gasteiger partial charge on any atom is -0.382 e. The number of hydrogen-bond acceptors (Lipinski definition) is 3. The second-order valence-electron chi connectivity index (χ2n) is 2.18. The van der Waals surface area contributed by atoms with Crippen molar-refractivity contribution in [1.82, 2.24) is 4.98 Å². The van der Waals surface area contributed by atoms with Crippen LogP contribution >= 0.6 is 24.2 Å². The molecule has 1 aromatic heterocycles. The van der Waals surface area contributed by atoms with Crippen LogP contribution in [0.3, 0.4) is 0 Å². The van der Waals surface area contributed by atoms with Gasteiger partial charge < -0.3 is 5.73 Å². The van der Waals surface area contributed by atoms with Crippen LogP contribution in [0.5, 0.6) is 0 Å². The molecule has 0 saturated carbocycles. The molecule has 0 unspecified atom stereocenters. The number of thiol groups is 1. The highest BCUT2D eigenvalue weighted by atomic mass is 35.5. The molecular formula is C7H9ClN2S. The molecule has 0 saturated heterocycles. The van der Waals surface area contributed by atoms with E-state index in [1.807, 2.05) is 6.07 Å². The van der Waals surface area contributed by atoms with E-state index in [0.717, 1.165) is 17.7 Å². The lowest BCUT2D eigenvalue weighted by Crippen LogP contribution is -1.94. The maximum Gasteiger partial charge on any atom is 0.142 e. The highest BCUT2D eigenvalue weighted by molar-refractivity contribution is 7.80. The Labute approximate surface area is 76.2 Å². The first-order valence-electron chi connectivity index (χ1n) is 3.25. The summed E-state index contributed by atoms with van der Waals surface area (Å²) in [6.07, 6.45) is 2.59. The van der Waals surface area contributed by atoms with Crippen LogP contribution in [-0.4, -0.2) is 10.7 Å². The number of aromatic nitrogens is 1. The van der Waals surface area contributed by atoms with Crippen molar-refractivity contribution in [1.29, 1.82) is 0 Å². The summed E-state index contributed by atoms with van der Waals surface area (Å²) in [4.78, 5) is 3.91. The number of pyridine rings is 1. The molecule has 0 amide bonds. The van der Waals surface area contributed by atoms with E-state index in [4.69, 9.17) is 17.3 Å². The van der Waals surface area contributed by atoms with Gasteiger partial charge in [0.25, 0.3) is 0 Å². The zero-order valence-corrected chi connectivity index (χ0v) is 7.57. The second-order valence-corrected chi connectivity index (χ2v) is 3.04. The van der Waals surface area contributed by atoms with Crippen LogP contribution in [0.4, 0.5) is 5.82 Å². The van der Waals surface area contributed by atoms with Crippen LogP contribution in [0.2, 0.25) is 5.02 Å². The Kier molecular flexibility index (Phi) is 3.02. The van der Waals surface area contributed by atoms with E-state index >= 15 is 0 Å². The Hall–Kier alpha value is -0.410. The third kappa shape index (κ3) is 2.27. The quantitative estimate of drug-likeness (QED) is 0.695. The number of nitrogens with two attached hydrogens (primary N) is 1. The first kappa shape index (κ1) is 8.68. The Morgan fingerprint density at radius 1 is 1.64 bits per heavy atom. The maximum absolute atomic E-state index is 5.74. The van der Waals surface area contributed by atoms with E-state index in [1.54, 1.807) is 6.20 Å². The summed E-state index contributed by atoms with van der Waals surface area (Å²) in [7, 11) is 0. The van der Waals surface area contributed by atoms with E-state index in [2.05, 4.69) is 17.6 Å². The lowest BCUT2D eigenvalue weighted by atomic mass is 10.2. The van der Waals surface area contributed by atoms with Crippen LogP contribution in [-0.2, 0) is 6.42 Å². The zero-order chi connectivity index (χ0) is 8.27. The van der Waals surface area contributed by atoms with Crippen LogP contribution in [0.1, 0.15) is 5.56 Å². The molecule has 0 aliphatic carbocycles. The largest absolute Gasteiger partial charge is 0.382 e. The first-order chi connectivity index (χ1) is 5.24. The third-order valence-electron chi connectivity index (χ3n) is 1.33. The van der Waals surface area contributed by atoms with Gasteiger partial charge in [-0.15, -0.1) is 0 Å². The third-order valence-corrected chi connectivity index (χ3v) is 1.85. The highest BCUT2D eigenvalue weighted by Crippen LogP contribution is 2.16. The predicted molar refractivity (Wildman–Crippen MR) is 51.2 cm³/mol. The Morgan fingerprint density at radius 3 is 2.91 bits per heavy atom. The number of rotatable bonds is 2. The summed E-state index contributed by atoms with van der Waals surface area (Å²) in [5.41, 5.74) is 6.49. The fraction of sp³-hybridized carbons (Fsp3) is 0.286. The normalized spacial score (nSPS) is 10.0. The average molecular weight is 189 g/mol. The van der Waals surface area contributed by atoms with Crippen molar-refractivity contribution in [3.8, 4) is 0 Å². The topological polar surface area (TPSA) is 38.9 Å². The molecule has 0 aliphatic heterocycles. The molecule has 1 aromatic rings. The molecule has 2 N–H and O–H groups in total. The summed E-state index contributed by atoms with van der Waals surface area (Å²) < 4.78 is 0. The Morgan fingerprint density at radius 2 is 2.36 bits per heavy atom. The van der Waals surface area contributed by atoms with Gasteiger partial charge in [-0.05, 0) is 23.8 Å². The van der Waals surface area contributed by atoms with E-state index in [0.29, 0.717) is 10.8 Å². The molecule has 0 spiro atoms. The lowest BCUT2D eigenvalue weighted by molar-refractivity contribution is 1.12. The summed E-state index contributed by atoms with van der Waals surface area (Å²) in [5, 5.41) is 0.518. The molecular weight excluding hydrogens is 180 g/mol. The molecule has 0 atom stereocenters. The van der Waals surface area contributed by atoms with Crippen molar-refractivity contribution in [3.05, 3.63) is 22.8 Å². The van der Waals surface area contributed by atoms with Crippen molar-refractivity contribution in [3.63, 3.8) is 0 Å². The smallest absolute Gasteiger partial charge is 0.142 e. The molecule has 1 rings (SSSR count). The zero-order valence-electron chi connectivity index (χ0n) is 5.92. The van der Waals surface area contributed by atoms with E-state index in [-0.39, 0.29) is 0 Å². The molecule has 0 aliphatic rings.